The first-order valence-corrected chi connectivity index (χ1v) is 8.22. The Bertz CT molecular complexity index is 996. The zero-order valence-electron chi connectivity index (χ0n) is 13.9. The summed E-state index contributed by atoms with van der Waals surface area (Å²) in [5.41, 5.74) is 6.80. The Kier molecular flexibility index (Phi) is 4.05. The second-order valence-corrected chi connectivity index (χ2v) is 5.89. The third kappa shape index (κ3) is 3.17. The molecule has 3 aromatic heterocycles. The molecular weight excluding hydrogens is 306 g/mol. The molecule has 0 spiro atoms. The predicted molar refractivity (Wildman–Crippen MR) is 101 cm³/mol. The average molecular weight is 323 g/mol. The number of aromatic nitrogens is 3. The van der Waals surface area contributed by atoms with Gasteiger partial charge in [-0.3, -0.25) is 9.97 Å². The van der Waals surface area contributed by atoms with E-state index in [2.05, 4.69) is 41.2 Å². The average Bonchev–Trinajstić information content (AvgIpc) is 2.69. The highest BCUT2D eigenvalue weighted by atomic mass is 14.8. The van der Waals surface area contributed by atoms with Crippen molar-refractivity contribution in [3.8, 4) is 33.9 Å². The van der Waals surface area contributed by atoms with Gasteiger partial charge in [-0.25, -0.2) is 4.98 Å². The molecule has 0 aliphatic rings. The molecule has 0 saturated carbocycles. The normalized spacial score (nSPS) is 10.6. The van der Waals surface area contributed by atoms with Gasteiger partial charge in [0.1, 0.15) is 0 Å². The number of benzene rings is 1. The Balaban J connectivity index is 1.93. The third-order valence-corrected chi connectivity index (χ3v) is 4.07. The lowest BCUT2D eigenvalue weighted by atomic mass is 10.0. The summed E-state index contributed by atoms with van der Waals surface area (Å²) in [5.74, 6) is 0. The molecule has 0 saturated heterocycles. The summed E-state index contributed by atoms with van der Waals surface area (Å²) in [6, 6.07) is 24.3. The molecule has 3 nitrogen and oxygen atoms in total. The molecule has 0 aliphatic carbocycles. The van der Waals surface area contributed by atoms with Crippen LogP contribution in [0.4, 0.5) is 0 Å². The van der Waals surface area contributed by atoms with E-state index in [9.17, 15) is 0 Å². The second-order valence-electron chi connectivity index (χ2n) is 5.89. The molecule has 0 N–H and O–H groups in total. The van der Waals surface area contributed by atoms with Gasteiger partial charge in [-0.2, -0.15) is 0 Å². The first kappa shape index (κ1) is 15.2. The van der Waals surface area contributed by atoms with E-state index in [1.165, 1.54) is 0 Å². The summed E-state index contributed by atoms with van der Waals surface area (Å²) < 4.78 is 0. The summed E-state index contributed by atoms with van der Waals surface area (Å²) in [6.45, 7) is 2.07. The van der Waals surface area contributed by atoms with Crippen molar-refractivity contribution in [3.05, 3.63) is 90.8 Å². The summed E-state index contributed by atoms with van der Waals surface area (Å²) in [5, 5.41) is 0. The Morgan fingerprint density at radius 1 is 0.640 bits per heavy atom. The largest absolute Gasteiger partial charge is 0.255 e. The number of pyridine rings is 3. The Hall–Kier alpha value is -3.33. The maximum absolute atomic E-state index is 4.91. The van der Waals surface area contributed by atoms with E-state index < -0.39 is 0 Å². The van der Waals surface area contributed by atoms with E-state index in [1.807, 2.05) is 54.7 Å². The zero-order valence-corrected chi connectivity index (χ0v) is 13.9. The van der Waals surface area contributed by atoms with Crippen LogP contribution in [0.1, 0.15) is 5.56 Å². The molecule has 0 unspecified atom stereocenters. The van der Waals surface area contributed by atoms with Crippen molar-refractivity contribution in [2.75, 3.05) is 0 Å². The van der Waals surface area contributed by atoms with Crippen molar-refractivity contribution in [3.63, 3.8) is 0 Å². The van der Waals surface area contributed by atoms with Crippen molar-refractivity contribution < 1.29 is 0 Å². The second kappa shape index (κ2) is 6.65. The number of hydrogen-bond donors (Lipinski definition) is 0. The predicted octanol–water partition coefficient (Wildman–Crippen LogP) is 5.18. The molecule has 3 heteroatoms. The monoisotopic (exact) mass is 323 g/mol. The van der Waals surface area contributed by atoms with E-state index in [1.54, 1.807) is 6.20 Å². The number of aryl methyl sites for hydroxylation is 1. The molecule has 4 rings (SSSR count). The SMILES string of the molecule is Cc1ccnc(-c2nc(-c3ccccn3)ccc2-c2ccccc2)c1. The van der Waals surface area contributed by atoms with E-state index in [-0.39, 0.29) is 0 Å². The number of nitrogens with zero attached hydrogens (tertiary/aromatic N) is 3. The smallest absolute Gasteiger partial charge is 0.0972 e. The lowest BCUT2D eigenvalue weighted by Crippen LogP contribution is -1.95. The molecule has 0 aliphatic heterocycles. The van der Waals surface area contributed by atoms with Crippen LogP contribution in [0.5, 0.6) is 0 Å². The van der Waals surface area contributed by atoms with Crippen LogP contribution in [0.25, 0.3) is 33.9 Å². The minimum Gasteiger partial charge on any atom is -0.255 e. The van der Waals surface area contributed by atoms with Crippen LogP contribution in [0.2, 0.25) is 0 Å². The summed E-state index contributed by atoms with van der Waals surface area (Å²) in [4.78, 5) is 13.9. The quantitative estimate of drug-likeness (QED) is 0.521. The maximum Gasteiger partial charge on any atom is 0.0972 e. The summed E-state index contributed by atoms with van der Waals surface area (Å²) in [6.07, 6.45) is 3.61. The van der Waals surface area contributed by atoms with Crippen LogP contribution in [0.15, 0.2) is 85.2 Å². The molecule has 4 aromatic rings. The van der Waals surface area contributed by atoms with Crippen molar-refractivity contribution in [2.24, 2.45) is 0 Å². The standard InChI is InChI=1S/C22H17N3/c1-16-12-14-24-21(15-16)22-18(17-7-3-2-4-8-17)10-11-20(25-22)19-9-5-6-13-23-19/h2-15H,1H3. The van der Waals surface area contributed by atoms with Crippen LogP contribution in [0.3, 0.4) is 0 Å². The van der Waals surface area contributed by atoms with Crippen LogP contribution < -0.4 is 0 Å². The number of rotatable bonds is 3. The Morgan fingerprint density at radius 3 is 2.20 bits per heavy atom. The molecule has 3 heterocycles. The van der Waals surface area contributed by atoms with Gasteiger partial charge in [0, 0.05) is 18.0 Å². The summed E-state index contributed by atoms with van der Waals surface area (Å²) >= 11 is 0. The molecule has 0 radical (unpaired) electrons. The lowest BCUT2D eigenvalue weighted by molar-refractivity contribution is 1.21. The topological polar surface area (TPSA) is 38.7 Å². The van der Waals surface area contributed by atoms with Crippen LogP contribution >= 0.6 is 0 Å². The maximum atomic E-state index is 4.91. The number of hydrogen-bond acceptors (Lipinski definition) is 3. The zero-order chi connectivity index (χ0) is 17.1. The minimum atomic E-state index is 0.846. The fourth-order valence-electron chi connectivity index (χ4n) is 2.83. The van der Waals surface area contributed by atoms with Crippen molar-refractivity contribution in [1.82, 2.24) is 15.0 Å². The molecular formula is C22H17N3. The van der Waals surface area contributed by atoms with Crippen molar-refractivity contribution in [2.45, 2.75) is 6.92 Å². The van der Waals surface area contributed by atoms with Gasteiger partial charge in [-0.1, -0.05) is 36.4 Å². The van der Waals surface area contributed by atoms with Crippen molar-refractivity contribution >= 4 is 0 Å². The van der Waals surface area contributed by atoms with Gasteiger partial charge in [0.25, 0.3) is 0 Å². The van der Waals surface area contributed by atoms with Crippen LogP contribution in [0, 0.1) is 6.92 Å². The molecule has 25 heavy (non-hydrogen) atoms. The molecule has 0 atom stereocenters. The molecule has 0 bridgehead atoms. The fraction of sp³-hybridized carbons (Fsp3) is 0.0455. The van der Waals surface area contributed by atoms with Gasteiger partial charge in [0.15, 0.2) is 0 Å². The van der Waals surface area contributed by atoms with E-state index >= 15 is 0 Å². The van der Waals surface area contributed by atoms with Gasteiger partial charge >= 0.3 is 0 Å². The highest BCUT2D eigenvalue weighted by Gasteiger charge is 2.13. The van der Waals surface area contributed by atoms with Crippen LogP contribution in [-0.4, -0.2) is 15.0 Å². The van der Waals surface area contributed by atoms with E-state index in [4.69, 9.17) is 4.98 Å². The molecule has 0 amide bonds. The molecule has 120 valence electrons. The first-order chi connectivity index (χ1) is 12.3. The first-order valence-electron chi connectivity index (χ1n) is 8.22. The molecule has 0 fully saturated rings. The lowest BCUT2D eigenvalue weighted by Gasteiger charge is -2.11. The highest BCUT2D eigenvalue weighted by molar-refractivity contribution is 5.81. The molecule has 1 aromatic carbocycles. The van der Waals surface area contributed by atoms with E-state index in [0.717, 1.165) is 39.5 Å². The third-order valence-electron chi connectivity index (χ3n) is 4.07. The van der Waals surface area contributed by atoms with Crippen molar-refractivity contribution in [1.29, 1.82) is 0 Å². The Labute approximate surface area is 147 Å². The van der Waals surface area contributed by atoms with Gasteiger partial charge in [0.05, 0.1) is 22.8 Å². The van der Waals surface area contributed by atoms with Gasteiger partial charge in [0.2, 0.25) is 0 Å². The fourth-order valence-corrected chi connectivity index (χ4v) is 2.83. The highest BCUT2D eigenvalue weighted by Crippen LogP contribution is 2.31. The minimum absolute atomic E-state index is 0.846. The Morgan fingerprint density at radius 2 is 1.44 bits per heavy atom. The van der Waals surface area contributed by atoms with Gasteiger partial charge in [-0.05, 0) is 54.4 Å². The van der Waals surface area contributed by atoms with Gasteiger partial charge in [-0.15, -0.1) is 0 Å². The summed E-state index contributed by atoms with van der Waals surface area (Å²) in [7, 11) is 0. The van der Waals surface area contributed by atoms with Gasteiger partial charge < -0.3 is 0 Å². The van der Waals surface area contributed by atoms with E-state index in [0.29, 0.717) is 0 Å². The van der Waals surface area contributed by atoms with Crippen LogP contribution in [-0.2, 0) is 0 Å².